The largest absolute Gasteiger partial charge is 0.309 e. The van der Waals surface area contributed by atoms with Crippen LogP contribution in [0.25, 0.3) is 0 Å². The molecule has 1 N–H and O–H groups in total. The predicted molar refractivity (Wildman–Crippen MR) is 79.1 cm³/mol. The summed E-state index contributed by atoms with van der Waals surface area (Å²) < 4.78 is 2.01. The number of hydrogen-bond donors (Lipinski definition) is 1. The molecular formula is C15H28N4. The molecular weight excluding hydrogens is 236 g/mol. The number of aromatic nitrogens is 2. The Bertz CT molecular complexity index is 424. The van der Waals surface area contributed by atoms with Crippen LogP contribution in [0.3, 0.4) is 0 Å². The molecule has 0 bridgehead atoms. The first-order valence-electron chi connectivity index (χ1n) is 7.40. The maximum absolute atomic E-state index is 4.38. The van der Waals surface area contributed by atoms with Crippen LogP contribution in [0, 0.1) is 0 Å². The first-order chi connectivity index (χ1) is 8.88. The van der Waals surface area contributed by atoms with Crippen molar-refractivity contribution < 1.29 is 0 Å². The van der Waals surface area contributed by atoms with Gasteiger partial charge in [-0.05, 0) is 34.1 Å². The highest BCUT2D eigenvalue weighted by Gasteiger charge is 2.39. The molecule has 0 saturated carbocycles. The summed E-state index contributed by atoms with van der Waals surface area (Å²) in [6, 6.07) is 0. The van der Waals surface area contributed by atoms with Gasteiger partial charge in [-0.3, -0.25) is 9.58 Å². The van der Waals surface area contributed by atoms with E-state index in [9.17, 15) is 0 Å². The van der Waals surface area contributed by atoms with Gasteiger partial charge in [0.1, 0.15) is 0 Å². The van der Waals surface area contributed by atoms with Gasteiger partial charge in [0.2, 0.25) is 0 Å². The molecule has 1 fully saturated rings. The van der Waals surface area contributed by atoms with Gasteiger partial charge in [-0.2, -0.15) is 5.10 Å². The van der Waals surface area contributed by atoms with Crippen LogP contribution in [0.15, 0.2) is 12.4 Å². The highest BCUT2D eigenvalue weighted by atomic mass is 15.3. The second kappa shape index (κ2) is 5.25. The van der Waals surface area contributed by atoms with E-state index in [0.717, 1.165) is 32.6 Å². The van der Waals surface area contributed by atoms with E-state index in [1.165, 1.54) is 5.56 Å². The summed E-state index contributed by atoms with van der Waals surface area (Å²) in [5.74, 6) is 0. The summed E-state index contributed by atoms with van der Waals surface area (Å²) in [6.07, 6.45) is 5.34. The zero-order chi connectivity index (χ0) is 14.1. The van der Waals surface area contributed by atoms with Crippen LogP contribution < -0.4 is 5.32 Å². The highest BCUT2D eigenvalue weighted by Crippen LogP contribution is 2.28. The van der Waals surface area contributed by atoms with Crippen molar-refractivity contribution in [1.82, 2.24) is 20.0 Å². The smallest absolute Gasteiger partial charge is 0.0534 e. The molecule has 1 unspecified atom stereocenters. The zero-order valence-electron chi connectivity index (χ0n) is 13.0. The molecule has 0 aromatic carbocycles. The minimum Gasteiger partial charge on any atom is -0.309 e. The molecule has 1 aromatic rings. The fourth-order valence-corrected chi connectivity index (χ4v) is 2.74. The molecule has 2 rings (SSSR count). The van der Waals surface area contributed by atoms with Crippen molar-refractivity contribution in [1.29, 1.82) is 0 Å². The van der Waals surface area contributed by atoms with Gasteiger partial charge in [0.15, 0.2) is 0 Å². The van der Waals surface area contributed by atoms with Crippen LogP contribution in [-0.2, 0) is 13.1 Å². The summed E-state index contributed by atoms with van der Waals surface area (Å²) in [5, 5.41) is 8.05. The second-order valence-electron chi connectivity index (χ2n) is 6.65. The third-order valence-electron chi connectivity index (χ3n) is 4.44. The number of nitrogens with zero attached hydrogens (tertiary/aromatic N) is 3. The molecule has 19 heavy (non-hydrogen) atoms. The van der Waals surface area contributed by atoms with Gasteiger partial charge in [-0.1, -0.05) is 6.92 Å². The quantitative estimate of drug-likeness (QED) is 0.905. The Kier molecular flexibility index (Phi) is 4.02. The predicted octanol–water partition coefficient (Wildman–Crippen LogP) is 2.26. The maximum atomic E-state index is 4.38. The van der Waals surface area contributed by atoms with Crippen molar-refractivity contribution in [2.24, 2.45) is 0 Å². The Hall–Kier alpha value is -0.870. The molecule has 108 valence electrons. The molecule has 0 radical (unpaired) electrons. The van der Waals surface area contributed by atoms with Gasteiger partial charge in [-0.15, -0.1) is 0 Å². The van der Waals surface area contributed by atoms with E-state index in [0.29, 0.717) is 0 Å². The first kappa shape index (κ1) is 14.5. The van der Waals surface area contributed by atoms with Gasteiger partial charge in [0.25, 0.3) is 0 Å². The Morgan fingerprint density at radius 1 is 1.32 bits per heavy atom. The van der Waals surface area contributed by atoms with Crippen molar-refractivity contribution in [2.75, 3.05) is 13.1 Å². The van der Waals surface area contributed by atoms with Crippen LogP contribution in [0.5, 0.6) is 0 Å². The molecule has 1 aromatic heterocycles. The number of rotatable bonds is 4. The van der Waals surface area contributed by atoms with Crippen LogP contribution >= 0.6 is 0 Å². The van der Waals surface area contributed by atoms with Crippen molar-refractivity contribution in [3.05, 3.63) is 18.0 Å². The highest BCUT2D eigenvalue weighted by molar-refractivity contribution is 5.08. The lowest BCUT2D eigenvalue weighted by molar-refractivity contribution is 0.0175. The third-order valence-corrected chi connectivity index (χ3v) is 4.44. The number of hydrogen-bond acceptors (Lipinski definition) is 3. The van der Waals surface area contributed by atoms with Gasteiger partial charge in [0.05, 0.1) is 6.20 Å². The Morgan fingerprint density at radius 2 is 2.05 bits per heavy atom. The lowest BCUT2D eigenvalue weighted by Crippen LogP contribution is -2.66. The van der Waals surface area contributed by atoms with E-state index in [-0.39, 0.29) is 11.1 Å². The SMILES string of the molecule is CCn1cc(CN2CC(C)(C)NCC2(C)CC)cn1. The van der Waals surface area contributed by atoms with E-state index in [1.54, 1.807) is 0 Å². The van der Waals surface area contributed by atoms with Crippen LogP contribution in [-0.4, -0.2) is 38.8 Å². The normalized spacial score (nSPS) is 27.6. The molecule has 1 aliphatic rings. The van der Waals surface area contributed by atoms with E-state index in [2.05, 4.69) is 56.1 Å². The van der Waals surface area contributed by atoms with Crippen molar-refractivity contribution in [3.8, 4) is 0 Å². The number of nitrogens with one attached hydrogen (secondary N) is 1. The van der Waals surface area contributed by atoms with E-state index in [1.807, 2.05) is 10.9 Å². The van der Waals surface area contributed by atoms with Gasteiger partial charge in [0, 0.05) is 49.0 Å². The minimum atomic E-state index is 0.190. The van der Waals surface area contributed by atoms with Gasteiger partial charge >= 0.3 is 0 Å². The van der Waals surface area contributed by atoms with Gasteiger partial charge < -0.3 is 5.32 Å². The molecule has 0 aliphatic carbocycles. The molecule has 4 heteroatoms. The molecule has 4 nitrogen and oxygen atoms in total. The second-order valence-corrected chi connectivity index (χ2v) is 6.65. The Balaban J connectivity index is 2.13. The Labute approximate surface area is 117 Å². The van der Waals surface area contributed by atoms with Gasteiger partial charge in [-0.25, -0.2) is 0 Å². The fourth-order valence-electron chi connectivity index (χ4n) is 2.74. The summed E-state index contributed by atoms with van der Waals surface area (Å²) in [6.45, 7) is 15.4. The molecule has 0 spiro atoms. The molecule has 1 aliphatic heterocycles. The van der Waals surface area contributed by atoms with E-state index < -0.39 is 0 Å². The zero-order valence-corrected chi connectivity index (χ0v) is 13.0. The first-order valence-corrected chi connectivity index (χ1v) is 7.40. The average molecular weight is 264 g/mol. The molecule has 1 saturated heterocycles. The van der Waals surface area contributed by atoms with E-state index >= 15 is 0 Å². The molecule has 2 heterocycles. The minimum absolute atomic E-state index is 0.190. The maximum Gasteiger partial charge on any atom is 0.0534 e. The molecule has 1 atom stereocenters. The van der Waals surface area contributed by atoms with E-state index in [4.69, 9.17) is 0 Å². The van der Waals surface area contributed by atoms with Crippen LogP contribution in [0.1, 0.15) is 46.6 Å². The third kappa shape index (κ3) is 3.18. The van der Waals surface area contributed by atoms with Crippen molar-refractivity contribution in [3.63, 3.8) is 0 Å². The molecule has 0 amide bonds. The summed E-state index contributed by atoms with van der Waals surface area (Å²) >= 11 is 0. The lowest BCUT2D eigenvalue weighted by atomic mass is 9.87. The topological polar surface area (TPSA) is 33.1 Å². The average Bonchev–Trinajstić information content (AvgIpc) is 2.82. The monoisotopic (exact) mass is 264 g/mol. The lowest BCUT2D eigenvalue weighted by Gasteiger charge is -2.51. The summed E-state index contributed by atoms with van der Waals surface area (Å²) in [5.41, 5.74) is 1.75. The number of piperazine rings is 1. The Morgan fingerprint density at radius 3 is 2.63 bits per heavy atom. The van der Waals surface area contributed by atoms with Crippen LogP contribution in [0.4, 0.5) is 0 Å². The van der Waals surface area contributed by atoms with Crippen molar-refractivity contribution >= 4 is 0 Å². The summed E-state index contributed by atoms with van der Waals surface area (Å²) in [7, 11) is 0. The fraction of sp³-hybridized carbons (Fsp3) is 0.800. The standard InChI is InChI=1S/C15H28N4/c1-6-15(5)11-16-14(3,4)12-18(15)9-13-8-17-19(7-2)10-13/h8,10,16H,6-7,9,11-12H2,1-5H3. The van der Waals surface area contributed by atoms with Crippen molar-refractivity contribution in [2.45, 2.75) is 65.2 Å². The van der Waals surface area contributed by atoms with Crippen LogP contribution in [0.2, 0.25) is 0 Å². The number of aryl methyl sites for hydroxylation is 1. The summed E-state index contributed by atoms with van der Waals surface area (Å²) in [4.78, 5) is 2.61.